The van der Waals surface area contributed by atoms with Crippen LogP contribution in [0, 0.1) is 0 Å². The summed E-state index contributed by atoms with van der Waals surface area (Å²) in [5, 5.41) is 2.39. The van der Waals surface area contributed by atoms with E-state index in [9.17, 15) is 4.79 Å². The third kappa shape index (κ3) is 1.70. The summed E-state index contributed by atoms with van der Waals surface area (Å²) in [6.45, 7) is 2.98. The monoisotopic (exact) mass is 253 g/mol. The Hall–Kier alpha value is -2.29. The largest absolute Gasteiger partial charge is 0.465 e. The van der Waals surface area contributed by atoms with Crippen molar-refractivity contribution >= 4 is 27.8 Å². The zero-order valence-corrected chi connectivity index (χ0v) is 11.0. The third-order valence-electron chi connectivity index (χ3n) is 3.51. The van der Waals surface area contributed by atoms with Crippen molar-refractivity contribution in [3.63, 3.8) is 0 Å². The third-order valence-corrected chi connectivity index (χ3v) is 3.51. The quantitative estimate of drug-likeness (QED) is 0.653. The average molecular weight is 253 g/mol. The Bertz CT molecular complexity index is 771. The number of aromatic nitrogens is 1. The first kappa shape index (κ1) is 11.8. The highest BCUT2D eigenvalue weighted by Crippen LogP contribution is 2.29. The molecule has 19 heavy (non-hydrogen) atoms. The van der Waals surface area contributed by atoms with Crippen LogP contribution in [0.4, 0.5) is 0 Å². The molecule has 0 spiro atoms. The highest BCUT2D eigenvalue weighted by molar-refractivity contribution is 6.09. The lowest BCUT2D eigenvalue weighted by atomic mass is 10.1. The Kier molecular flexibility index (Phi) is 2.75. The van der Waals surface area contributed by atoms with Crippen molar-refractivity contribution in [2.75, 3.05) is 7.11 Å². The number of methoxy groups -OCH3 is 1. The molecule has 96 valence electrons. The average Bonchev–Trinajstić information content (AvgIpc) is 2.79. The maximum absolute atomic E-state index is 11.6. The van der Waals surface area contributed by atoms with Crippen LogP contribution in [0.1, 0.15) is 17.3 Å². The fourth-order valence-corrected chi connectivity index (χ4v) is 2.63. The molecule has 3 aromatic rings. The molecule has 0 atom stereocenters. The number of fused-ring (bicyclic) bond motifs is 3. The van der Waals surface area contributed by atoms with Gasteiger partial charge in [-0.25, -0.2) is 4.79 Å². The first-order chi connectivity index (χ1) is 9.26. The van der Waals surface area contributed by atoms with Gasteiger partial charge in [0.1, 0.15) is 0 Å². The van der Waals surface area contributed by atoms with Gasteiger partial charge in [-0.05, 0) is 25.1 Å². The molecule has 3 heteroatoms. The van der Waals surface area contributed by atoms with E-state index in [0.29, 0.717) is 5.56 Å². The zero-order valence-electron chi connectivity index (χ0n) is 11.0. The van der Waals surface area contributed by atoms with Crippen LogP contribution < -0.4 is 0 Å². The van der Waals surface area contributed by atoms with E-state index < -0.39 is 0 Å². The van der Waals surface area contributed by atoms with Crippen molar-refractivity contribution in [1.29, 1.82) is 0 Å². The molecule has 3 nitrogen and oxygen atoms in total. The van der Waals surface area contributed by atoms with E-state index in [0.717, 1.165) is 12.1 Å². The number of rotatable bonds is 2. The molecule has 0 N–H and O–H groups in total. The second-order valence-corrected chi connectivity index (χ2v) is 4.48. The first-order valence-electron chi connectivity index (χ1n) is 6.35. The van der Waals surface area contributed by atoms with E-state index >= 15 is 0 Å². The van der Waals surface area contributed by atoms with Gasteiger partial charge >= 0.3 is 5.97 Å². The fourth-order valence-electron chi connectivity index (χ4n) is 2.63. The van der Waals surface area contributed by atoms with Gasteiger partial charge < -0.3 is 9.30 Å². The Balaban J connectivity index is 2.39. The van der Waals surface area contributed by atoms with Gasteiger partial charge in [0.2, 0.25) is 0 Å². The molecular weight excluding hydrogens is 238 g/mol. The number of aryl methyl sites for hydroxylation is 1. The summed E-state index contributed by atoms with van der Waals surface area (Å²) in [7, 11) is 1.40. The maximum Gasteiger partial charge on any atom is 0.337 e. The smallest absolute Gasteiger partial charge is 0.337 e. The molecule has 0 aliphatic rings. The summed E-state index contributed by atoms with van der Waals surface area (Å²) in [4.78, 5) is 11.6. The minimum atomic E-state index is -0.296. The Labute approximate surface area is 111 Å². The van der Waals surface area contributed by atoms with Crippen molar-refractivity contribution in [3.8, 4) is 0 Å². The van der Waals surface area contributed by atoms with E-state index in [1.165, 1.54) is 23.4 Å². The standard InChI is InChI=1S/C16H15NO2/c1-3-17-14-7-5-4-6-12(14)13-9-8-11(10-15(13)17)16(18)19-2/h4-10H,3H2,1-2H3. The molecule has 3 rings (SSSR count). The Morgan fingerprint density at radius 1 is 1.11 bits per heavy atom. The van der Waals surface area contributed by atoms with Gasteiger partial charge in [0, 0.05) is 28.4 Å². The molecule has 0 radical (unpaired) electrons. The topological polar surface area (TPSA) is 31.2 Å². The molecule has 0 aliphatic carbocycles. The number of esters is 1. The highest BCUT2D eigenvalue weighted by Gasteiger charge is 2.12. The van der Waals surface area contributed by atoms with E-state index in [-0.39, 0.29) is 5.97 Å². The molecule has 0 unspecified atom stereocenters. The summed E-state index contributed by atoms with van der Waals surface area (Å²) >= 11 is 0. The highest BCUT2D eigenvalue weighted by atomic mass is 16.5. The zero-order chi connectivity index (χ0) is 13.4. The number of ether oxygens (including phenoxy) is 1. The normalized spacial score (nSPS) is 11.1. The summed E-state index contributed by atoms with van der Waals surface area (Å²) in [6.07, 6.45) is 0. The summed E-state index contributed by atoms with van der Waals surface area (Å²) in [6, 6.07) is 14.0. The van der Waals surface area contributed by atoms with E-state index in [4.69, 9.17) is 4.74 Å². The van der Waals surface area contributed by atoms with Crippen LogP contribution in [0.25, 0.3) is 21.8 Å². The molecular formula is C16H15NO2. The molecule has 0 aliphatic heterocycles. The molecule has 0 amide bonds. The van der Waals surface area contributed by atoms with Crippen LogP contribution in [0.3, 0.4) is 0 Å². The molecule has 1 heterocycles. The van der Waals surface area contributed by atoms with Crippen LogP contribution in [0.5, 0.6) is 0 Å². The predicted molar refractivity (Wildman–Crippen MR) is 76.5 cm³/mol. The van der Waals surface area contributed by atoms with E-state index in [1.54, 1.807) is 0 Å². The lowest BCUT2D eigenvalue weighted by Gasteiger charge is -2.04. The number of hydrogen-bond acceptors (Lipinski definition) is 2. The number of carbonyl (C=O) groups excluding carboxylic acids is 1. The first-order valence-corrected chi connectivity index (χ1v) is 6.35. The van der Waals surface area contributed by atoms with Gasteiger partial charge in [-0.1, -0.05) is 24.3 Å². The van der Waals surface area contributed by atoms with Crippen LogP contribution in [-0.4, -0.2) is 17.6 Å². The number of carbonyl (C=O) groups is 1. The number of hydrogen-bond donors (Lipinski definition) is 0. The number of benzene rings is 2. The molecule has 0 bridgehead atoms. The molecule has 2 aromatic carbocycles. The van der Waals surface area contributed by atoms with Crippen LogP contribution in [0.2, 0.25) is 0 Å². The summed E-state index contributed by atoms with van der Waals surface area (Å²) in [5.74, 6) is -0.296. The maximum atomic E-state index is 11.6. The van der Waals surface area contributed by atoms with Crippen LogP contribution in [0.15, 0.2) is 42.5 Å². The van der Waals surface area contributed by atoms with Crippen molar-refractivity contribution in [1.82, 2.24) is 4.57 Å². The van der Waals surface area contributed by atoms with Gasteiger partial charge in [-0.2, -0.15) is 0 Å². The van der Waals surface area contributed by atoms with E-state index in [2.05, 4.69) is 23.6 Å². The van der Waals surface area contributed by atoms with Crippen molar-refractivity contribution < 1.29 is 9.53 Å². The minimum absolute atomic E-state index is 0.296. The Morgan fingerprint density at radius 3 is 2.58 bits per heavy atom. The van der Waals surface area contributed by atoms with Crippen LogP contribution in [-0.2, 0) is 11.3 Å². The fraction of sp³-hybridized carbons (Fsp3) is 0.188. The minimum Gasteiger partial charge on any atom is -0.465 e. The lowest BCUT2D eigenvalue weighted by Crippen LogP contribution is -2.01. The van der Waals surface area contributed by atoms with Gasteiger partial charge in [0.25, 0.3) is 0 Å². The van der Waals surface area contributed by atoms with Gasteiger partial charge in [-0.15, -0.1) is 0 Å². The Morgan fingerprint density at radius 2 is 1.84 bits per heavy atom. The van der Waals surface area contributed by atoms with Crippen LogP contribution >= 0.6 is 0 Å². The lowest BCUT2D eigenvalue weighted by molar-refractivity contribution is 0.0601. The molecule has 0 saturated heterocycles. The SMILES string of the molecule is CCn1c2ccccc2c2ccc(C(=O)OC)cc21. The van der Waals surface area contributed by atoms with Gasteiger partial charge in [0.05, 0.1) is 12.7 Å². The van der Waals surface area contributed by atoms with Crippen molar-refractivity contribution in [2.45, 2.75) is 13.5 Å². The number of nitrogens with zero attached hydrogens (tertiary/aromatic N) is 1. The molecule has 0 fully saturated rings. The van der Waals surface area contributed by atoms with E-state index in [1.807, 2.05) is 30.3 Å². The number of para-hydroxylation sites is 1. The van der Waals surface area contributed by atoms with Gasteiger partial charge in [0.15, 0.2) is 0 Å². The van der Waals surface area contributed by atoms with Crippen molar-refractivity contribution in [2.24, 2.45) is 0 Å². The second-order valence-electron chi connectivity index (χ2n) is 4.48. The molecule has 1 aromatic heterocycles. The van der Waals surface area contributed by atoms with Crippen molar-refractivity contribution in [3.05, 3.63) is 48.0 Å². The predicted octanol–water partition coefficient (Wildman–Crippen LogP) is 3.60. The van der Waals surface area contributed by atoms with Gasteiger partial charge in [-0.3, -0.25) is 0 Å². The summed E-state index contributed by atoms with van der Waals surface area (Å²) in [5.41, 5.74) is 2.86. The second kappa shape index (κ2) is 4.43. The summed E-state index contributed by atoms with van der Waals surface area (Å²) < 4.78 is 7.00. The molecule has 0 saturated carbocycles.